The Bertz CT molecular complexity index is 2000. The van der Waals surface area contributed by atoms with Crippen LogP contribution in [0, 0.1) is 29.6 Å². The van der Waals surface area contributed by atoms with E-state index >= 15 is 0 Å². The number of hydrogen-bond acceptors (Lipinski definition) is 5. The van der Waals surface area contributed by atoms with Crippen LogP contribution in [0.1, 0.15) is 54.7 Å². The summed E-state index contributed by atoms with van der Waals surface area (Å²) in [6.45, 7) is 13.2. The molecular formula is C38H49ClI10N9Na. The number of tetrazole rings is 1. The van der Waals surface area contributed by atoms with Crippen molar-refractivity contribution in [2.24, 2.45) is 0 Å². The van der Waals surface area contributed by atoms with E-state index in [9.17, 15) is 0 Å². The molecule has 7 rings (SSSR count). The molecule has 0 fully saturated rings. The van der Waals surface area contributed by atoms with Gasteiger partial charge in [0.2, 0.25) is 0 Å². The summed E-state index contributed by atoms with van der Waals surface area (Å²) in [4.78, 5) is 3.12. The molecule has 0 unspecified atom stereocenters. The molecular weight excluding hydrogens is 1910 g/mol. The van der Waals surface area contributed by atoms with Crippen molar-refractivity contribution in [1.82, 2.24) is 34.7 Å². The maximum atomic E-state index is 7.32. The van der Waals surface area contributed by atoms with Gasteiger partial charge in [0.1, 0.15) is 0 Å². The van der Waals surface area contributed by atoms with E-state index in [2.05, 4.69) is 258 Å². The van der Waals surface area contributed by atoms with E-state index in [1.165, 1.54) is 53.0 Å². The molecule has 4 aromatic heterocycles. The van der Waals surface area contributed by atoms with Crippen molar-refractivity contribution < 1.29 is 31.0 Å². The third-order valence-electron chi connectivity index (χ3n) is 6.69. The standard InChI is InChI=1S/2C10H11N.C8H7N.C4H9Cl.C2H4N4.2C2H3N.I10.Na.H/c2*1-2-11-8-7-9-5-3-4-6-10(9)11;1-2-4-8-7(3-1)5-6-9-8;1-2-3-4-5;1-2-3-5-6-4-2;2*1-2-3;1-7(2)9(5)10(6)8(3)4;;/h2*3-8H,2H2,1H3;1-6,9H;2-4H2,1H3;1H3,(H,3,4,5,6);2*1H3;;;/q;;;;;;;;+1;-1. The minimum absolute atomic E-state index is 0. The first-order valence-corrected chi connectivity index (χ1v) is 74.3. The van der Waals surface area contributed by atoms with Crippen LogP contribution < -0.4 is 29.6 Å². The summed E-state index contributed by atoms with van der Waals surface area (Å²) < 4.78 is 4.49. The summed E-state index contributed by atoms with van der Waals surface area (Å²) in [5.74, 6) is 1.49. The molecule has 21 heteroatoms. The second-order valence-corrected chi connectivity index (χ2v) is 206. The molecule has 3 aromatic carbocycles. The molecule has 0 bridgehead atoms. The Hall–Kier alpha value is 2.92. The molecule has 7 aromatic rings. The average Bonchev–Trinajstić information content (AvgIpc) is 4.07. The topological polar surface area (TPSA) is 128 Å². The quantitative estimate of drug-likeness (QED) is 0.0933. The largest absolute Gasteiger partial charge is 1.00 e. The smallest absolute Gasteiger partial charge is 1.00 e. The molecule has 0 spiro atoms. The van der Waals surface area contributed by atoms with E-state index in [4.69, 9.17) is 22.1 Å². The third-order valence-corrected chi connectivity index (χ3v) is 503. The summed E-state index contributed by atoms with van der Waals surface area (Å²) in [6, 6.07) is 35.0. The van der Waals surface area contributed by atoms with E-state index in [0.717, 1.165) is 25.4 Å². The van der Waals surface area contributed by atoms with Gasteiger partial charge in [0.25, 0.3) is 0 Å². The normalized spacial score (nSPS) is 10.2. The SMILES string of the molecule is CC#N.CC#N.CCCCCl.CCn1ccc2ccccc21.CCn1ccc2ccccc21.Cc1nn[nH]n1.II(I)I(I)I(I)I(I)I.[H-].[Na+].c1ccc2[nH]ccc2c1. The number of fused-ring (bicyclic) bond motifs is 3. The van der Waals surface area contributed by atoms with Gasteiger partial charge in [-0.2, -0.15) is 15.7 Å². The summed E-state index contributed by atoms with van der Waals surface area (Å²) in [7, 11) is -1.31. The fourth-order valence-corrected chi connectivity index (χ4v) is 843. The van der Waals surface area contributed by atoms with Gasteiger partial charge in [0.05, 0.1) is 12.1 Å². The van der Waals surface area contributed by atoms with E-state index in [0.29, 0.717) is 5.82 Å². The predicted molar refractivity (Wildman–Crippen MR) is 342 cm³/mol. The van der Waals surface area contributed by atoms with Crippen molar-refractivity contribution in [3.8, 4) is 12.1 Å². The number of H-pyrrole nitrogens is 2. The van der Waals surface area contributed by atoms with Crippen molar-refractivity contribution in [1.29, 1.82) is 10.5 Å². The minimum atomic E-state index is -0.358. The minimum Gasteiger partial charge on any atom is -1.00 e. The van der Waals surface area contributed by atoms with E-state index < -0.39 is 0 Å². The van der Waals surface area contributed by atoms with Gasteiger partial charge in [-0.05, 0) is 79.7 Å². The molecule has 0 atom stereocenters. The molecule has 0 saturated heterocycles. The molecule has 0 amide bonds. The third kappa shape index (κ3) is 29.3. The van der Waals surface area contributed by atoms with E-state index in [1.807, 2.05) is 18.3 Å². The maximum absolute atomic E-state index is 7.32. The zero-order valence-electron chi connectivity index (χ0n) is 34.7. The van der Waals surface area contributed by atoms with Gasteiger partial charge in [-0.15, -0.1) is 21.8 Å². The fourth-order valence-electron chi connectivity index (χ4n) is 4.23. The van der Waals surface area contributed by atoms with Gasteiger partial charge < -0.3 is 15.5 Å². The van der Waals surface area contributed by atoms with Crippen molar-refractivity contribution in [3.05, 3.63) is 115 Å². The Kier molecular flexibility index (Phi) is 45.9. The van der Waals surface area contributed by atoms with Gasteiger partial charge >= 0.3 is 173 Å². The van der Waals surface area contributed by atoms with Gasteiger partial charge in [0, 0.05) is 68.0 Å². The summed E-state index contributed by atoms with van der Waals surface area (Å²) >= 11 is 22.2. The molecule has 0 aliphatic carbocycles. The number of aryl methyl sites for hydroxylation is 3. The Balaban J connectivity index is -0.000000638. The van der Waals surface area contributed by atoms with Crippen molar-refractivity contribution in [2.75, 3.05) is 5.88 Å². The molecule has 4 heterocycles. The first kappa shape index (κ1) is 64.0. The number of nitrogens with one attached hydrogen (secondary N) is 2. The van der Waals surface area contributed by atoms with Crippen LogP contribution in [0.15, 0.2) is 110 Å². The number of nitrogens with zero attached hydrogens (tertiary/aromatic N) is 7. The van der Waals surface area contributed by atoms with Crippen LogP contribution in [0.3, 0.4) is 0 Å². The number of nitriles is 2. The number of benzene rings is 3. The maximum Gasteiger partial charge on any atom is 1.00 e. The first-order chi connectivity index (χ1) is 27.9. The molecule has 9 nitrogen and oxygen atoms in total. The van der Waals surface area contributed by atoms with Gasteiger partial charge in [-0.3, -0.25) is 0 Å². The number of unbranched alkanes of at least 4 members (excludes halogenated alkanes) is 1. The van der Waals surface area contributed by atoms with E-state index in [1.54, 1.807) is 19.1 Å². The number of aromatic amines is 2. The van der Waals surface area contributed by atoms with Crippen molar-refractivity contribution in [2.45, 2.75) is 67.5 Å². The Morgan fingerprint density at radius 3 is 1.42 bits per heavy atom. The van der Waals surface area contributed by atoms with Crippen molar-refractivity contribution in [3.63, 3.8) is 0 Å². The summed E-state index contributed by atoms with van der Waals surface area (Å²) in [5, 5.41) is 31.3. The van der Waals surface area contributed by atoms with E-state index in [-0.39, 0.29) is 62.6 Å². The monoisotopic (exact) mass is 1960 g/mol. The summed E-state index contributed by atoms with van der Waals surface area (Å²) in [5.41, 5.74) is 3.86. The fraction of sp³-hybridized carbons (Fsp3) is 0.289. The van der Waals surface area contributed by atoms with Crippen LogP contribution in [0.4, 0.5) is 0 Å². The molecule has 2 N–H and O–H groups in total. The number of para-hydroxylation sites is 3. The molecule has 0 saturated carbocycles. The number of hydrogen-bond donors (Lipinski definition) is 2. The molecule has 59 heavy (non-hydrogen) atoms. The molecule has 0 radical (unpaired) electrons. The number of alkyl halides is 1. The molecule has 0 aliphatic heterocycles. The number of aromatic nitrogens is 7. The second kappa shape index (κ2) is 42.3. The molecule has 324 valence electrons. The Morgan fingerprint density at radius 2 is 1.12 bits per heavy atom. The van der Waals surface area contributed by atoms with Crippen LogP contribution in [0.25, 0.3) is 32.7 Å². The zero-order chi connectivity index (χ0) is 43.7. The number of rotatable bonds is 7. The van der Waals surface area contributed by atoms with Crippen LogP contribution >= 0.6 is 155 Å². The predicted octanol–water partition coefficient (Wildman–Crippen LogP) is 16.1. The van der Waals surface area contributed by atoms with Crippen LogP contribution in [-0.4, -0.2) is 40.6 Å². The second-order valence-electron chi connectivity index (χ2n) is 10.5. The van der Waals surface area contributed by atoms with Crippen molar-refractivity contribution >= 4 is 188 Å². The summed E-state index contributed by atoms with van der Waals surface area (Å²) in [6.07, 6.45) is 8.57. The molecule has 0 aliphatic rings. The average molecular weight is 1960 g/mol. The van der Waals surface area contributed by atoms with Gasteiger partial charge in [0.15, 0.2) is 5.82 Å². The van der Waals surface area contributed by atoms with Crippen LogP contribution in [0.5, 0.6) is 0 Å². The Morgan fingerprint density at radius 1 is 0.695 bits per heavy atom. The van der Waals surface area contributed by atoms with Gasteiger partial charge in [-0.1, -0.05) is 73.2 Å². The number of halogens is 11. The van der Waals surface area contributed by atoms with Crippen LogP contribution in [-0.2, 0) is 13.1 Å². The zero-order valence-corrected chi connectivity index (χ0v) is 58.0. The van der Waals surface area contributed by atoms with Crippen LogP contribution in [0.2, 0.25) is 0 Å². The first-order valence-electron chi connectivity index (χ1n) is 17.2. The Labute approximate surface area is 454 Å². The van der Waals surface area contributed by atoms with Gasteiger partial charge in [-0.25, -0.2) is 0 Å².